The molecule has 1 aliphatic carbocycles. The first-order valence-corrected chi connectivity index (χ1v) is 8.37. The van der Waals surface area contributed by atoms with E-state index in [1.54, 1.807) is 0 Å². The van der Waals surface area contributed by atoms with E-state index < -0.39 is 0 Å². The molecule has 1 saturated carbocycles. The molecule has 1 N–H and O–H groups in total. The van der Waals surface area contributed by atoms with Gasteiger partial charge in [0.05, 0.1) is 0 Å². The predicted octanol–water partition coefficient (Wildman–Crippen LogP) is 2.26. The minimum atomic E-state index is 0.359. The van der Waals surface area contributed by atoms with Crippen LogP contribution in [0.15, 0.2) is 30.5 Å². The van der Waals surface area contributed by atoms with Crippen LogP contribution < -0.4 is 0 Å². The lowest BCUT2D eigenvalue weighted by atomic mass is 10.1. The molecule has 0 unspecified atom stereocenters. The molecule has 0 bridgehead atoms. The molecule has 1 aromatic heterocycles. The SMILES string of the molecule is O=C(C1CC1)N1CCN(CCc2c[nH]c3ccccc23)CC1. The van der Waals surface area contributed by atoms with Gasteiger partial charge in [-0.15, -0.1) is 0 Å². The van der Waals surface area contributed by atoms with Crippen LogP contribution in [0.25, 0.3) is 10.9 Å². The number of piperazine rings is 1. The summed E-state index contributed by atoms with van der Waals surface area (Å²) >= 11 is 0. The fourth-order valence-corrected chi connectivity index (χ4v) is 3.40. The molecule has 2 heterocycles. The highest BCUT2D eigenvalue weighted by Crippen LogP contribution is 2.31. The van der Waals surface area contributed by atoms with Gasteiger partial charge in [-0.1, -0.05) is 18.2 Å². The van der Waals surface area contributed by atoms with E-state index in [4.69, 9.17) is 0 Å². The zero-order valence-electron chi connectivity index (χ0n) is 12.9. The second-order valence-corrected chi connectivity index (χ2v) is 6.55. The maximum absolute atomic E-state index is 12.1. The molecule has 1 aliphatic heterocycles. The van der Waals surface area contributed by atoms with Gasteiger partial charge in [0.1, 0.15) is 0 Å². The Labute approximate surface area is 131 Å². The molecule has 0 spiro atoms. The van der Waals surface area contributed by atoms with E-state index >= 15 is 0 Å². The van der Waals surface area contributed by atoms with Crippen molar-refractivity contribution >= 4 is 16.8 Å². The zero-order valence-corrected chi connectivity index (χ0v) is 12.9. The highest BCUT2D eigenvalue weighted by Gasteiger charge is 2.34. The summed E-state index contributed by atoms with van der Waals surface area (Å²) in [5.41, 5.74) is 2.62. The Kier molecular flexibility index (Phi) is 3.62. The van der Waals surface area contributed by atoms with Crippen LogP contribution in [0.3, 0.4) is 0 Å². The van der Waals surface area contributed by atoms with Crippen molar-refractivity contribution in [3.8, 4) is 0 Å². The lowest BCUT2D eigenvalue weighted by Gasteiger charge is -2.34. The molecule has 1 saturated heterocycles. The Morgan fingerprint density at radius 2 is 1.91 bits per heavy atom. The fraction of sp³-hybridized carbons (Fsp3) is 0.500. The van der Waals surface area contributed by atoms with E-state index in [1.807, 2.05) is 0 Å². The van der Waals surface area contributed by atoms with Gasteiger partial charge in [-0.05, 0) is 30.9 Å². The normalized spacial score (nSPS) is 19.7. The molecule has 0 atom stereocenters. The second kappa shape index (κ2) is 5.76. The second-order valence-electron chi connectivity index (χ2n) is 6.55. The standard InChI is InChI=1S/C18H23N3O/c22-18(14-5-6-14)21-11-9-20(10-12-21)8-7-15-13-19-17-4-2-1-3-16(15)17/h1-4,13-14,19H,5-12H2. The summed E-state index contributed by atoms with van der Waals surface area (Å²) in [7, 11) is 0. The lowest BCUT2D eigenvalue weighted by Crippen LogP contribution is -2.49. The number of aromatic amines is 1. The summed E-state index contributed by atoms with van der Waals surface area (Å²) in [5, 5.41) is 1.34. The van der Waals surface area contributed by atoms with Gasteiger partial charge in [-0.2, -0.15) is 0 Å². The Morgan fingerprint density at radius 1 is 1.14 bits per heavy atom. The minimum absolute atomic E-state index is 0.359. The van der Waals surface area contributed by atoms with Gasteiger partial charge in [0.2, 0.25) is 5.91 Å². The Hall–Kier alpha value is -1.81. The predicted molar refractivity (Wildman–Crippen MR) is 87.7 cm³/mol. The number of hydrogen-bond acceptors (Lipinski definition) is 2. The van der Waals surface area contributed by atoms with Crippen molar-refractivity contribution < 1.29 is 4.79 Å². The quantitative estimate of drug-likeness (QED) is 0.940. The number of nitrogens with zero attached hydrogens (tertiary/aromatic N) is 2. The number of H-pyrrole nitrogens is 1. The van der Waals surface area contributed by atoms with Crippen molar-refractivity contribution in [1.82, 2.24) is 14.8 Å². The van der Waals surface area contributed by atoms with Crippen molar-refractivity contribution in [3.63, 3.8) is 0 Å². The number of carbonyl (C=O) groups excluding carboxylic acids is 1. The minimum Gasteiger partial charge on any atom is -0.361 e. The zero-order chi connectivity index (χ0) is 14.9. The molecule has 1 aromatic carbocycles. The molecule has 1 amide bonds. The maximum Gasteiger partial charge on any atom is 0.225 e. The van der Waals surface area contributed by atoms with Gasteiger partial charge in [-0.3, -0.25) is 9.69 Å². The van der Waals surface area contributed by atoms with Gasteiger partial charge >= 0.3 is 0 Å². The van der Waals surface area contributed by atoms with Crippen LogP contribution >= 0.6 is 0 Å². The largest absolute Gasteiger partial charge is 0.361 e. The van der Waals surface area contributed by atoms with Gasteiger partial charge in [-0.25, -0.2) is 0 Å². The van der Waals surface area contributed by atoms with Gasteiger partial charge in [0, 0.05) is 55.7 Å². The number of benzene rings is 1. The maximum atomic E-state index is 12.1. The number of para-hydroxylation sites is 1. The van der Waals surface area contributed by atoms with Crippen LogP contribution in [0, 0.1) is 5.92 Å². The van der Waals surface area contributed by atoms with Crippen molar-refractivity contribution in [3.05, 3.63) is 36.0 Å². The fourth-order valence-electron chi connectivity index (χ4n) is 3.40. The molecular formula is C18H23N3O. The van der Waals surface area contributed by atoms with Crippen LogP contribution in [0.4, 0.5) is 0 Å². The number of nitrogens with one attached hydrogen (secondary N) is 1. The van der Waals surface area contributed by atoms with Crippen LogP contribution in [0.1, 0.15) is 18.4 Å². The highest BCUT2D eigenvalue weighted by molar-refractivity contribution is 5.83. The van der Waals surface area contributed by atoms with E-state index in [2.05, 4.69) is 45.2 Å². The molecule has 4 nitrogen and oxygen atoms in total. The molecular weight excluding hydrogens is 274 g/mol. The Balaban J connectivity index is 1.30. The summed E-state index contributed by atoms with van der Waals surface area (Å²) in [5.74, 6) is 0.758. The van der Waals surface area contributed by atoms with Gasteiger partial charge < -0.3 is 9.88 Å². The van der Waals surface area contributed by atoms with Crippen molar-refractivity contribution in [2.24, 2.45) is 5.92 Å². The third-order valence-electron chi connectivity index (χ3n) is 4.98. The average molecular weight is 297 g/mol. The van der Waals surface area contributed by atoms with Gasteiger partial charge in [0.25, 0.3) is 0 Å². The molecule has 4 rings (SSSR count). The van der Waals surface area contributed by atoms with Gasteiger partial charge in [0.15, 0.2) is 0 Å². The third-order valence-corrected chi connectivity index (χ3v) is 4.98. The topological polar surface area (TPSA) is 39.3 Å². The molecule has 2 aromatic rings. The number of amides is 1. The monoisotopic (exact) mass is 297 g/mol. The Bertz CT molecular complexity index is 666. The molecule has 0 radical (unpaired) electrons. The van der Waals surface area contributed by atoms with Crippen LogP contribution in [0.2, 0.25) is 0 Å². The number of rotatable bonds is 4. The van der Waals surface area contributed by atoms with E-state index in [0.717, 1.165) is 52.0 Å². The molecule has 2 aliphatic rings. The van der Waals surface area contributed by atoms with Crippen LogP contribution in [-0.4, -0.2) is 53.4 Å². The summed E-state index contributed by atoms with van der Waals surface area (Å²) < 4.78 is 0. The van der Waals surface area contributed by atoms with Crippen molar-refractivity contribution in [2.45, 2.75) is 19.3 Å². The smallest absolute Gasteiger partial charge is 0.225 e. The summed E-state index contributed by atoms with van der Waals surface area (Å²) in [6.07, 6.45) is 5.43. The van der Waals surface area contributed by atoms with Crippen molar-refractivity contribution in [2.75, 3.05) is 32.7 Å². The summed E-state index contributed by atoms with van der Waals surface area (Å²) in [4.78, 5) is 20.0. The number of fused-ring (bicyclic) bond motifs is 1. The molecule has 116 valence electrons. The van der Waals surface area contributed by atoms with E-state index in [0.29, 0.717) is 11.8 Å². The summed E-state index contributed by atoms with van der Waals surface area (Å²) in [6, 6.07) is 8.48. The number of hydrogen-bond donors (Lipinski definition) is 1. The number of carbonyl (C=O) groups is 1. The van der Waals surface area contributed by atoms with E-state index in [1.165, 1.54) is 16.5 Å². The average Bonchev–Trinajstić information content (AvgIpc) is 3.34. The lowest BCUT2D eigenvalue weighted by molar-refractivity contribution is -0.134. The molecule has 22 heavy (non-hydrogen) atoms. The van der Waals surface area contributed by atoms with E-state index in [9.17, 15) is 4.79 Å². The summed E-state index contributed by atoms with van der Waals surface area (Å²) in [6.45, 7) is 4.92. The third kappa shape index (κ3) is 2.75. The van der Waals surface area contributed by atoms with Crippen molar-refractivity contribution in [1.29, 1.82) is 0 Å². The first-order chi connectivity index (χ1) is 10.8. The molecule has 2 fully saturated rings. The number of aromatic nitrogens is 1. The first-order valence-electron chi connectivity index (χ1n) is 8.37. The van der Waals surface area contributed by atoms with Crippen LogP contribution in [-0.2, 0) is 11.2 Å². The van der Waals surface area contributed by atoms with E-state index in [-0.39, 0.29) is 0 Å². The Morgan fingerprint density at radius 3 is 2.68 bits per heavy atom. The first kappa shape index (κ1) is 13.8. The highest BCUT2D eigenvalue weighted by atomic mass is 16.2. The van der Waals surface area contributed by atoms with Crippen LogP contribution in [0.5, 0.6) is 0 Å². The molecule has 4 heteroatoms.